The van der Waals surface area contributed by atoms with E-state index in [1.54, 1.807) is 7.11 Å². The zero-order valence-corrected chi connectivity index (χ0v) is 17.1. The van der Waals surface area contributed by atoms with E-state index in [0.29, 0.717) is 17.2 Å². The fourth-order valence-electron chi connectivity index (χ4n) is 3.51. The van der Waals surface area contributed by atoms with Crippen molar-refractivity contribution in [1.82, 2.24) is 4.98 Å². The van der Waals surface area contributed by atoms with E-state index in [9.17, 15) is 4.79 Å². The number of rotatable bonds is 7. The highest BCUT2D eigenvalue weighted by Crippen LogP contribution is 2.34. The lowest BCUT2D eigenvalue weighted by molar-refractivity contribution is 0.112. The predicted molar refractivity (Wildman–Crippen MR) is 120 cm³/mol. The lowest BCUT2D eigenvalue weighted by atomic mass is 9.99. The van der Waals surface area contributed by atoms with Crippen LogP contribution in [0.2, 0.25) is 0 Å². The monoisotopic (exact) mass is 397 g/mol. The van der Waals surface area contributed by atoms with Gasteiger partial charge in [-0.3, -0.25) is 4.79 Å². The molecule has 4 rings (SSSR count). The molecule has 0 aliphatic heterocycles. The van der Waals surface area contributed by atoms with E-state index in [1.165, 1.54) is 0 Å². The lowest BCUT2D eigenvalue weighted by Crippen LogP contribution is -2.01. The molecular formula is C26H23NO3. The van der Waals surface area contributed by atoms with Crippen molar-refractivity contribution >= 4 is 17.1 Å². The Balaban J connectivity index is 1.80. The first kappa shape index (κ1) is 19.6. The summed E-state index contributed by atoms with van der Waals surface area (Å²) in [6.07, 6.45) is 2.57. The Morgan fingerprint density at radius 1 is 0.900 bits per heavy atom. The second kappa shape index (κ2) is 8.78. The second-order valence-corrected chi connectivity index (χ2v) is 7.09. The summed E-state index contributed by atoms with van der Waals surface area (Å²) >= 11 is 0. The van der Waals surface area contributed by atoms with Crippen molar-refractivity contribution in [2.75, 3.05) is 7.11 Å². The SMILES string of the molecule is CCCc1cc(-c2ccc(OC)cc2)c(C=O)c(Oc2ccc3ccccc3c2)n1. The van der Waals surface area contributed by atoms with Gasteiger partial charge < -0.3 is 9.47 Å². The number of aromatic nitrogens is 1. The average Bonchev–Trinajstić information content (AvgIpc) is 2.79. The van der Waals surface area contributed by atoms with E-state index < -0.39 is 0 Å². The number of pyridine rings is 1. The molecule has 0 spiro atoms. The Labute approximate surface area is 176 Å². The standard InChI is InChI=1S/C26H23NO3/c1-3-6-21-16-24(19-10-12-22(29-2)13-11-19)25(17-28)26(27-21)30-23-14-9-18-7-4-5-8-20(18)15-23/h4-5,7-17H,3,6H2,1-2H3. The van der Waals surface area contributed by atoms with Crippen LogP contribution in [0.5, 0.6) is 17.4 Å². The van der Waals surface area contributed by atoms with Gasteiger partial charge in [-0.25, -0.2) is 4.98 Å². The Morgan fingerprint density at radius 2 is 1.63 bits per heavy atom. The summed E-state index contributed by atoms with van der Waals surface area (Å²) < 4.78 is 11.4. The van der Waals surface area contributed by atoms with Crippen LogP contribution in [-0.2, 0) is 6.42 Å². The van der Waals surface area contributed by atoms with Gasteiger partial charge >= 0.3 is 0 Å². The van der Waals surface area contributed by atoms with Gasteiger partial charge in [-0.1, -0.05) is 55.8 Å². The maximum Gasteiger partial charge on any atom is 0.230 e. The van der Waals surface area contributed by atoms with Crippen LogP contribution in [0.25, 0.3) is 21.9 Å². The molecule has 0 fully saturated rings. The molecule has 0 bridgehead atoms. The van der Waals surface area contributed by atoms with Crippen LogP contribution in [0.3, 0.4) is 0 Å². The zero-order chi connectivity index (χ0) is 20.9. The molecule has 4 heteroatoms. The third kappa shape index (κ3) is 4.03. The topological polar surface area (TPSA) is 48.4 Å². The maximum absolute atomic E-state index is 12.1. The number of hydrogen-bond acceptors (Lipinski definition) is 4. The molecule has 0 aliphatic rings. The van der Waals surface area contributed by atoms with Crippen LogP contribution >= 0.6 is 0 Å². The van der Waals surface area contributed by atoms with Crippen LogP contribution in [0.4, 0.5) is 0 Å². The molecule has 0 radical (unpaired) electrons. The summed E-state index contributed by atoms with van der Waals surface area (Å²) in [4.78, 5) is 16.7. The molecule has 0 unspecified atom stereocenters. The van der Waals surface area contributed by atoms with Gasteiger partial charge in [-0.05, 0) is 58.7 Å². The number of carbonyl (C=O) groups excluding carboxylic acids is 1. The highest BCUT2D eigenvalue weighted by molar-refractivity contribution is 5.91. The van der Waals surface area contributed by atoms with E-state index in [2.05, 4.69) is 18.0 Å². The number of ether oxygens (including phenoxy) is 2. The van der Waals surface area contributed by atoms with Gasteiger partial charge in [0.25, 0.3) is 0 Å². The molecule has 1 heterocycles. The number of nitrogens with zero attached hydrogens (tertiary/aromatic N) is 1. The summed E-state index contributed by atoms with van der Waals surface area (Å²) in [5.41, 5.74) is 3.06. The number of aryl methyl sites for hydroxylation is 1. The van der Waals surface area contributed by atoms with Crippen LogP contribution in [0.1, 0.15) is 29.4 Å². The van der Waals surface area contributed by atoms with Crippen LogP contribution in [0.15, 0.2) is 72.8 Å². The van der Waals surface area contributed by atoms with Gasteiger partial charge in [0.05, 0.1) is 12.7 Å². The highest BCUT2D eigenvalue weighted by atomic mass is 16.5. The van der Waals surface area contributed by atoms with Crippen molar-refractivity contribution in [1.29, 1.82) is 0 Å². The highest BCUT2D eigenvalue weighted by Gasteiger charge is 2.16. The molecule has 3 aromatic carbocycles. The fourth-order valence-corrected chi connectivity index (χ4v) is 3.51. The largest absolute Gasteiger partial charge is 0.497 e. The molecule has 150 valence electrons. The van der Waals surface area contributed by atoms with Crippen molar-refractivity contribution in [2.24, 2.45) is 0 Å². The van der Waals surface area contributed by atoms with Crippen molar-refractivity contribution in [3.8, 4) is 28.5 Å². The Kier molecular flexibility index (Phi) is 5.75. The number of fused-ring (bicyclic) bond motifs is 1. The van der Waals surface area contributed by atoms with Gasteiger partial charge in [0.1, 0.15) is 11.5 Å². The Hall–Kier alpha value is -3.66. The van der Waals surface area contributed by atoms with Crippen LogP contribution < -0.4 is 9.47 Å². The van der Waals surface area contributed by atoms with Gasteiger partial charge in [0, 0.05) is 5.69 Å². The van der Waals surface area contributed by atoms with Gasteiger partial charge in [-0.15, -0.1) is 0 Å². The smallest absolute Gasteiger partial charge is 0.230 e. The molecule has 0 N–H and O–H groups in total. The first-order valence-electron chi connectivity index (χ1n) is 10.0. The number of methoxy groups -OCH3 is 1. The summed E-state index contributed by atoms with van der Waals surface area (Å²) in [6, 6.07) is 23.6. The summed E-state index contributed by atoms with van der Waals surface area (Å²) in [6.45, 7) is 2.10. The molecular weight excluding hydrogens is 374 g/mol. The zero-order valence-electron chi connectivity index (χ0n) is 17.1. The first-order valence-corrected chi connectivity index (χ1v) is 10.0. The predicted octanol–water partition coefficient (Wildman–Crippen LogP) is 6.47. The van der Waals surface area contributed by atoms with Gasteiger partial charge in [0.15, 0.2) is 6.29 Å². The van der Waals surface area contributed by atoms with Crippen LogP contribution in [0, 0.1) is 0 Å². The van der Waals surface area contributed by atoms with Crippen molar-refractivity contribution in [2.45, 2.75) is 19.8 Å². The third-order valence-corrected chi connectivity index (χ3v) is 5.04. The van der Waals surface area contributed by atoms with Gasteiger partial charge in [0.2, 0.25) is 5.88 Å². The number of hydrogen-bond donors (Lipinski definition) is 0. The number of carbonyl (C=O) groups is 1. The summed E-state index contributed by atoms with van der Waals surface area (Å²) in [5.74, 6) is 1.75. The molecule has 0 saturated carbocycles. The summed E-state index contributed by atoms with van der Waals surface area (Å²) in [5, 5.41) is 2.20. The van der Waals surface area contributed by atoms with E-state index in [0.717, 1.165) is 52.5 Å². The molecule has 0 amide bonds. The molecule has 30 heavy (non-hydrogen) atoms. The average molecular weight is 397 g/mol. The second-order valence-electron chi connectivity index (χ2n) is 7.09. The quantitative estimate of drug-likeness (QED) is 0.335. The Bertz CT molecular complexity index is 1180. The number of aldehydes is 1. The van der Waals surface area contributed by atoms with Crippen molar-refractivity contribution in [3.05, 3.63) is 84.1 Å². The molecule has 0 atom stereocenters. The van der Waals surface area contributed by atoms with E-state index >= 15 is 0 Å². The van der Waals surface area contributed by atoms with E-state index in [4.69, 9.17) is 9.47 Å². The minimum atomic E-state index is 0.331. The molecule has 0 aliphatic carbocycles. The maximum atomic E-state index is 12.1. The van der Waals surface area contributed by atoms with Crippen molar-refractivity contribution < 1.29 is 14.3 Å². The van der Waals surface area contributed by atoms with Gasteiger partial charge in [-0.2, -0.15) is 0 Å². The van der Waals surface area contributed by atoms with Crippen LogP contribution in [-0.4, -0.2) is 18.4 Å². The summed E-state index contributed by atoms with van der Waals surface area (Å²) in [7, 11) is 1.63. The fraction of sp³-hybridized carbons (Fsp3) is 0.154. The molecule has 4 aromatic rings. The minimum absolute atomic E-state index is 0.331. The molecule has 1 aromatic heterocycles. The normalized spacial score (nSPS) is 10.7. The van der Waals surface area contributed by atoms with E-state index in [-0.39, 0.29) is 0 Å². The Morgan fingerprint density at radius 3 is 2.33 bits per heavy atom. The molecule has 4 nitrogen and oxygen atoms in total. The third-order valence-electron chi connectivity index (χ3n) is 5.04. The van der Waals surface area contributed by atoms with E-state index in [1.807, 2.05) is 66.7 Å². The minimum Gasteiger partial charge on any atom is -0.497 e. The first-order chi connectivity index (χ1) is 14.7. The van der Waals surface area contributed by atoms with Crippen molar-refractivity contribution in [3.63, 3.8) is 0 Å². The lowest BCUT2D eigenvalue weighted by Gasteiger charge is -2.14. The number of benzene rings is 3. The molecule has 0 saturated heterocycles.